The minimum atomic E-state index is -0.371. The van der Waals surface area contributed by atoms with Crippen LogP contribution in [0.2, 0.25) is 0 Å². The van der Waals surface area contributed by atoms with Crippen molar-refractivity contribution in [3.8, 4) is 0 Å². The molecule has 2 nitrogen and oxygen atoms in total. The molecule has 2 heteroatoms. The van der Waals surface area contributed by atoms with Gasteiger partial charge < -0.3 is 4.74 Å². The first-order valence-electron chi connectivity index (χ1n) is 4.32. The van der Waals surface area contributed by atoms with E-state index in [1.807, 2.05) is 26.8 Å². The molecule has 0 heterocycles. The quantitative estimate of drug-likeness (QED) is 0.468. The molecule has 0 saturated carbocycles. The molecule has 70 valence electrons. The normalized spacial score (nSPS) is 10.9. The second-order valence-electron chi connectivity index (χ2n) is 3.43. The van der Waals surface area contributed by atoms with E-state index in [9.17, 15) is 4.79 Å². The summed E-state index contributed by atoms with van der Waals surface area (Å²) in [6.07, 6.45) is 3.47. The van der Waals surface area contributed by atoms with Crippen LogP contribution in [0.25, 0.3) is 0 Å². The Labute approximate surface area is 74.6 Å². The van der Waals surface area contributed by atoms with Gasteiger partial charge in [-0.15, -0.1) is 6.58 Å². The smallest absolute Gasteiger partial charge is 0.311 e. The van der Waals surface area contributed by atoms with Crippen molar-refractivity contribution in [2.45, 2.75) is 33.6 Å². The van der Waals surface area contributed by atoms with E-state index < -0.39 is 0 Å². The molecule has 0 rings (SSSR count). The zero-order chi connectivity index (χ0) is 9.61. The molecule has 0 bridgehead atoms. The Bertz CT molecular complexity index is 159. The lowest BCUT2D eigenvalue weighted by atomic mass is 9.88. The van der Waals surface area contributed by atoms with Gasteiger partial charge in [-0.3, -0.25) is 4.79 Å². The molecule has 0 atom stereocenters. The molecule has 0 aliphatic heterocycles. The Kier molecular flexibility index (Phi) is 4.64. The van der Waals surface area contributed by atoms with E-state index >= 15 is 0 Å². The van der Waals surface area contributed by atoms with Gasteiger partial charge >= 0.3 is 5.97 Å². The highest BCUT2D eigenvalue weighted by atomic mass is 16.5. The highest BCUT2D eigenvalue weighted by molar-refractivity contribution is 5.75. The van der Waals surface area contributed by atoms with Crippen LogP contribution < -0.4 is 0 Å². The molecule has 0 N–H and O–H groups in total. The molecule has 0 aromatic carbocycles. The topological polar surface area (TPSA) is 26.3 Å². The third-order valence-electron chi connectivity index (χ3n) is 1.80. The summed E-state index contributed by atoms with van der Waals surface area (Å²) in [6, 6.07) is 0. The zero-order valence-corrected chi connectivity index (χ0v) is 8.22. The fourth-order valence-corrected chi connectivity index (χ4v) is 0.891. The van der Waals surface area contributed by atoms with Gasteiger partial charge in [0, 0.05) is 0 Å². The molecule has 0 unspecified atom stereocenters. The van der Waals surface area contributed by atoms with E-state index in [1.54, 1.807) is 0 Å². The second kappa shape index (κ2) is 4.96. The minimum absolute atomic E-state index is 0.119. The van der Waals surface area contributed by atoms with Gasteiger partial charge in [0.1, 0.15) is 0 Å². The van der Waals surface area contributed by atoms with Crippen molar-refractivity contribution in [2.24, 2.45) is 5.41 Å². The maximum atomic E-state index is 11.3. The standard InChI is InChI=1S/C10H18O2/c1-5-7-8-10(3,4)9(11)12-6-2/h5H,1,6-8H2,2-4H3. The van der Waals surface area contributed by atoms with E-state index in [0.717, 1.165) is 12.8 Å². The fraction of sp³-hybridized carbons (Fsp3) is 0.700. The molecule has 0 radical (unpaired) electrons. The third kappa shape index (κ3) is 3.56. The van der Waals surface area contributed by atoms with Gasteiger partial charge in [0.25, 0.3) is 0 Å². The average molecular weight is 170 g/mol. The summed E-state index contributed by atoms with van der Waals surface area (Å²) in [6.45, 7) is 9.69. The first-order chi connectivity index (χ1) is 5.54. The molecule has 0 aliphatic rings. The zero-order valence-electron chi connectivity index (χ0n) is 8.22. The van der Waals surface area contributed by atoms with E-state index in [-0.39, 0.29) is 11.4 Å². The molecule has 0 aromatic rings. The maximum absolute atomic E-state index is 11.3. The second-order valence-corrected chi connectivity index (χ2v) is 3.43. The Hall–Kier alpha value is -0.790. The molecule has 0 fully saturated rings. The first-order valence-corrected chi connectivity index (χ1v) is 4.32. The van der Waals surface area contributed by atoms with Crippen molar-refractivity contribution in [2.75, 3.05) is 6.61 Å². The molecule has 0 aromatic heterocycles. The maximum Gasteiger partial charge on any atom is 0.311 e. The van der Waals surface area contributed by atoms with Crippen LogP contribution >= 0.6 is 0 Å². The number of carbonyl (C=O) groups excluding carboxylic acids is 1. The predicted molar refractivity (Wildman–Crippen MR) is 49.8 cm³/mol. The van der Waals surface area contributed by atoms with Crippen LogP contribution in [0, 0.1) is 5.41 Å². The summed E-state index contributed by atoms with van der Waals surface area (Å²) in [7, 11) is 0. The Balaban J connectivity index is 3.98. The fourth-order valence-electron chi connectivity index (χ4n) is 0.891. The van der Waals surface area contributed by atoms with Crippen molar-refractivity contribution in [3.63, 3.8) is 0 Å². The molecular formula is C10H18O2. The van der Waals surface area contributed by atoms with Gasteiger partial charge in [0.15, 0.2) is 0 Å². The van der Waals surface area contributed by atoms with Crippen molar-refractivity contribution in [1.29, 1.82) is 0 Å². The van der Waals surface area contributed by atoms with E-state index in [0.29, 0.717) is 6.61 Å². The predicted octanol–water partition coefficient (Wildman–Crippen LogP) is 2.54. The number of carbonyl (C=O) groups is 1. The number of ether oxygens (including phenoxy) is 1. The lowest BCUT2D eigenvalue weighted by molar-refractivity contribution is -0.153. The van der Waals surface area contributed by atoms with Crippen LogP contribution in [0.4, 0.5) is 0 Å². The SMILES string of the molecule is C=CCCC(C)(C)C(=O)OCC. The van der Waals surface area contributed by atoms with Crippen molar-refractivity contribution in [3.05, 3.63) is 12.7 Å². The van der Waals surface area contributed by atoms with Crippen molar-refractivity contribution < 1.29 is 9.53 Å². The van der Waals surface area contributed by atoms with E-state index in [1.165, 1.54) is 0 Å². The molecule has 0 spiro atoms. The number of esters is 1. The van der Waals surface area contributed by atoms with Gasteiger partial charge in [-0.25, -0.2) is 0 Å². The number of allylic oxidation sites excluding steroid dienone is 1. The molecular weight excluding hydrogens is 152 g/mol. The number of hydrogen-bond acceptors (Lipinski definition) is 2. The molecule has 0 aliphatic carbocycles. The minimum Gasteiger partial charge on any atom is -0.466 e. The van der Waals surface area contributed by atoms with E-state index in [4.69, 9.17) is 4.74 Å². The van der Waals surface area contributed by atoms with Gasteiger partial charge in [0.2, 0.25) is 0 Å². The summed E-state index contributed by atoms with van der Waals surface area (Å²) in [5.41, 5.74) is -0.371. The van der Waals surface area contributed by atoms with Crippen molar-refractivity contribution >= 4 is 5.97 Å². The highest BCUT2D eigenvalue weighted by Gasteiger charge is 2.27. The first kappa shape index (κ1) is 11.2. The van der Waals surface area contributed by atoms with Crippen LogP contribution in [-0.4, -0.2) is 12.6 Å². The van der Waals surface area contributed by atoms with Gasteiger partial charge in [-0.1, -0.05) is 6.08 Å². The van der Waals surface area contributed by atoms with Crippen LogP contribution in [-0.2, 0) is 9.53 Å². The Morgan fingerprint density at radius 2 is 2.17 bits per heavy atom. The third-order valence-corrected chi connectivity index (χ3v) is 1.80. The Morgan fingerprint density at radius 3 is 2.58 bits per heavy atom. The van der Waals surface area contributed by atoms with Crippen LogP contribution in [0.3, 0.4) is 0 Å². The molecule has 0 amide bonds. The average Bonchev–Trinajstić information content (AvgIpc) is 2.01. The summed E-state index contributed by atoms with van der Waals surface area (Å²) < 4.78 is 4.93. The van der Waals surface area contributed by atoms with Crippen LogP contribution in [0.15, 0.2) is 12.7 Å². The van der Waals surface area contributed by atoms with Gasteiger partial charge in [-0.2, -0.15) is 0 Å². The summed E-state index contributed by atoms with van der Waals surface area (Å²) in [5, 5.41) is 0. The highest BCUT2D eigenvalue weighted by Crippen LogP contribution is 2.24. The van der Waals surface area contributed by atoms with Crippen molar-refractivity contribution in [1.82, 2.24) is 0 Å². The lowest BCUT2D eigenvalue weighted by Crippen LogP contribution is -2.26. The van der Waals surface area contributed by atoms with Gasteiger partial charge in [0.05, 0.1) is 12.0 Å². The van der Waals surface area contributed by atoms with Crippen LogP contribution in [0.5, 0.6) is 0 Å². The summed E-state index contributed by atoms with van der Waals surface area (Å²) in [5.74, 6) is -0.119. The number of hydrogen-bond donors (Lipinski definition) is 0. The Morgan fingerprint density at radius 1 is 1.58 bits per heavy atom. The largest absolute Gasteiger partial charge is 0.466 e. The molecule has 12 heavy (non-hydrogen) atoms. The van der Waals surface area contributed by atoms with Crippen LogP contribution in [0.1, 0.15) is 33.6 Å². The monoisotopic (exact) mass is 170 g/mol. The van der Waals surface area contributed by atoms with Gasteiger partial charge in [-0.05, 0) is 33.6 Å². The molecule has 0 saturated heterocycles. The lowest BCUT2D eigenvalue weighted by Gasteiger charge is -2.21. The number of rotatable bonds is 5. The van der Waals surface area contributed by atoms with E-state index in [2.05, 4.69) is 6.58 Å². The summed E-state index contributed by atoms with van der Waals surface area (Å²) >= 11 is 0. The summed E-state index contributed by atoms with van der Waals surface area (Å²) in [4.78, 5) is 11.3.